The molecule has 0 saturated carbocycles. The van der Waals surface area contributed by atoms with Crippen LogP contribution in [0.5, 0.6) is 0 Å². The largest absolute Gasteiger partial charge is 0.381 e. The van der Waals surface area contributed by atoms with Crippen LogP contribution in [0.1, 0.15) is 31.0 Å². The van der Waals surface area contributed by atoms with Crippen LogP contribution in [-0.4, -0.2) is 25.2 Å². The molecule has 0 aliphatic carbocycles. The second kappa shape index (κ2) is 6.71. The Morgan fingerprint density at radius 2 is 2.17 bits per heavy atom. The zero-order valence-electron chi connectivity index (χ0n) is 10.5. The van der Waals surface area contributed by atoms with Gasteiger partial charge in [0, 0.05) is 19.4 Å². The minimum absolute atomic E-state index is 0.179. The quantitative estimate of drug-likeness (QED) is 0.921. The number of nitrogens with one attached hydrogen (secondary N) is 1. The van der Waals surface area contributed by atoms with Gasteiger partial charge in [-0.1, -0.05) is 23.2 Å². The molecule has 1 unspecified atom stereocenters. The van der Waals surface area contributed by atoms with Crippen LogP contribution < -0.4 is 5.32 Å². The standard InChI is InChI=1S/C13H18Cl2N2O/c1-16-12(6-9-2-4-18-5-3-9)13-11(15)7-10(14)8-17-13/h7-9,12,16H,2-6H2,1H3. The van der Waals surface area contributed by atoms with E-state index in [2.05, 4.69) is 10.3 Å². The average Bonchev–Trinajstić information content (AvgIpc) is 2.38. The van der Waals surface area contributed by atoms with E-state index in [0.29, 0.717) is 16.0 Å². The third-order valence-corrected chi connectivity index (χ3v) is 3.93. The highest BCUT2D eigenvalue weighted by molar-refractivity contribution is 6.34. The maximum Gasteiger partial charge on any atom is 0.0760 e. The number of pyridine rings is 1. The summed E-state index contributed by atoms with van der Waals surface area (Å²) in [5, 5.41) is 4.50. The van der Waals surface area contributed by atoms with Gasteiger partial charge in [-0.15, -0.1) is 0 Å². The molecule has 2 heterocycles. The van der Waals surface area contributed by atoms with E-state index in [4.69, 9.17) is 27.9 Å². The van der Waals surface area contributed by atoms with Gasteiger partial charge in [0.25, 0.3) is 0 Å². The Kier molecular flexibility index (Phi) is 5.25. The summed E-state index contributed by atoms with van der Waals surface area (Å²) in [5.74, 6) is 0.671. The van der Waals surface area contributed by atoms with E-state index < -0.39 is 0 Å². The Bertz CT molecular complexity index is 395. The Labute approximate surface area is 118 Å². The summed E-state index contributed by atoms with van der Waals surface area (Å²) in [6, 6.07) is 1.93. The summed E-state index contributed by atoms with van der Waals surface area (Å²) in [6.07, 6.45) is 4.91. The number of ether oxygens (including phenoxy) is 1. The van der Waals surface area contributed by atoms with Gasteiger partial charge in [-0.3, -0.25) is 4.98 Å². The van der Waals surface area contributed by atoms with Crippen molar-refractivity contribution in [2.75, 3.05) is 20.3 Å². The predicted octanol–water partition coefficient (Wildman–Crippen LogP) is 3.47. The summed E-state index contributed by atoms with van der Waals surface area (Å²) >= 11 is 12.1. The lowest BCUT2D eigenvalue weighted by atomic mass is 9.91. The van der Waals surface area contributed by atoms with Crippen LogP contribution in [0.4, 0.5) is 0 Å². The molecule has 100 valence electrons. The smallest absolute Gasteiger partial charge is 0.0760 e. The third kappa shape index (κ3) is 3.58. The highest BCUT2D eigenvalue weighted by atomic mass is 35.5. The number of halogens is 2. The van der Waals surface area contributed by atoms with E-state index in [1.165, 1.54) is 0 Å². The van der Waals surface area contributed by atoms with Crippen LogP contribution in [0, 0.1) is 5.92 Å². The Morgan fingerprint density at radius 3 is 2.78 bits per heavy atom. The summed E-state index contributed by atoms with van der Waals surface area (Å²) in [4.78, 5) is 4.36. The van der Waals surface area contributed by atoms with Crippen molar-refractivity contribution in [3.05, 3.63) is 28.0 Å². The lowest BCUT2D eigenvalue weighted by Gasteiger charge is -2.26. The molecule has 1 aromatic rings. The molecular weight excluding hydrogens is 271 g/mol. The minimum Gasteiger partial charge on any atom is -0.381 e. The van der Waals surface area contributed by atoms with Crippen LogP contribution in [0.15, 0.2) is 12.3 Å². The van der Waals surface area contributed by atoms with Crippen LogP contribution in [-0.2, 0) is 4.74 Å². The molecule has 0 aromatic carbocycles. The fourth-order valence-corrected chi connectivity index (χ4v) is 2.87. The molecule has 1 atom stereocenters. The molecule has 1 aromatic heterocycles. The highest BCUT2D eigenvalue weighted by Crippen LogP contribution is 2.30. The number of hydrogen-bond donors (Lipinski definition) is 1. The summed E-state index contributed by atoms with van der Waals surface area (Å²) < 4.78 is 5.38. The van der Waals surface area contributed by atoms with Crippen molar-refractivity contribution in [2.24, 2.45) is 5.92 Å². The van der Waals surface area contributed by atoms with Crippen molar-refractivity contribution < 1.29 is 4.74 Å². The number of rotatable bonds is 4. The van der Waals surface area contributed by atoms with Crippen molar-refractivity contribution >= 4 is 23.2 Å². The molecule has 0 spiro atoms. The topological polar surface area (TPSA) is 34.1 Å². The first kappa shape index (κ1) is 14.1. The molecule has 0 amide bonds. The lowest BCUT2D eigenvalue weighted by Crippen LogP contribution is -2.24. The Hall–Kier alpha value is -0.350. The second-order valence-electron chi connectivity index (χ2n) is 4.65. The van der Waals surface area contributed by atoms with Gasteiger partial charge in [0.1, 0.15) is 0 Å². The van der Waals surface area contributed by atoms with E-state index in [1.807, 2.05) is 7.05 Å². The Morgan fingerprint density at radius 1 is 1.44 bits per heavy atom. The van der Waals surface area contributed by atoms with Gasteiger partial charge in [-0.2, -0.15) is 0 Å². The molecule has 1 aliphatic heterocycles. The van der Waals surface area contributed by atoms with Gasteiger partial charge in [0.05, 0.1) is 21.8 Å². The predicted molar refractivity (Wildman–Crippen MR) is 74.2 cm³/mol. The van der Waals surface area contributed by atoms with Gasteiger partial charge < -0.3 is 10.1 Å². The van der Waals surface area contributed by atoms with Gasteiger partial charge in [0.15, 0.2) is 0 Å². The molecule has 0 bridgehead atoms. The van der Waals surface area contributed by atoms with Crippen molar-refractivity contribution in [3.63, 3.8) is 0 Å². The fraction of sp³-hybridized carbons (Fsp3) is 0.615. The first-order valence-corrected chi connectivity index (χ1v) is 7.02. The van der Waals surface area contributed by atoms with Crippen molar-refractivity contribution in [1.82, 2.24) is 10.3 Å². The molecule has 5 heteroatoms. The SMILES string of the molecule is CNC(CC1CCOCC1)c1ncc(Cl)cc1Cl. The van der Waals surface area contributed by atoms with E-state index in [-0.39, 0.29) is 6.04 Å². The van der Waals surface area contributed by atoms with Crippen molar-refractivity contribution in [3.8, 4) is 0 Å². The zero-order valence-corrected chi connectivity index (χ0v) is 12.0. The van der Waals surface area contributed by atoms with E-state index in [9.17, 15) is 0 Å². The van der Waals surface area contributed by atoms with Gasteiger partial charge >= 0.3 is 0 Å². The maximum absolute atomic E-state index is 6.21. The molecule has 2 rings (SSSR count). The summed E-state index contributed by atoms with van der Waals surface area (Å²) in [7, 11) is 1.94. The second-order valence-corrected chi connectivity index (χ2v) is 5.50. The maximum atomic E-state index is 6.21. The molecule has 3 nitrogen and oxygen atoms in total. The van der Waals surface area contributed by atoms with E-state index >= 15 is 0 Å². The van der Waals surface area contributed by atoms with E-state index in [1.54, 1.807) is 12.3 Å². The third-order valence-electron chi connectivity index (χ3n) is 3.42. The molecule has 0 radical (unpaired) electrons. The van der Waals surface area contributed by atoms with Crippen LogP contribution in [0.25, 0.3) is 0 Å². The van der Waals surface area contributed by atoms with Gasteiger partial charge in [-0.25, -0.2) is 0 Å². The molecule has 18 heavy (non-hydrogen) atoms. The fourth-order valence-electron chi connectivity index (χ4n) is 2.36. The molecule has 1 aliphatic rings. The zero-order chi connectivity index (χ0) is 13.0. The first-order chi connectivity index (χ1) is 8.70. The average molecular weight is 289 g/mol. The molecule has 1 saturated heterocycles. The minimum atomic E-state index is 0.179. The van der Waals surface area contributed by atoms with Gasteiger partial charge in [0.2, 0.25) is 0 Å². The van der Waals surface area contributed by atoms with E-state index in [0.717, 1.165) is 38.2 Å². The first-order valence-electron chi connectivity index (χ1n) is 6.26. The van der Waals surface area contributed by atoms with Crippen molar-refractivity contribution in [1.29, 1.82) is 0 Å². The lowest BCUT2D eigenvalue weighted by molar-refractivity contribution is 0.0606. The molecular formula is C13H18Cl2N2O. The summed E-state index contributed by atoms with van der Waals surface area (Å²) in [6.45, 7) is 1.73. The number of hydrogen-bond acceptors (Lipinski definition) is 3. The van der Waals surface area contributed by atoms with Crippen LogP contribution >= 0.6 is 23.2 Å². The van der Waals surface area contributed by atoms with Crippen LogP contribution in [0.2, 0.25) is 10.0 Å². The monoisotopic (exact) mass is 288 g/mol. The number of aromatic nitrogens is 1. The van der Waals surface area contributed by atoms with Gasteiger partial charge in [-0.05, 0) is 38.3 Å². The van der Waals surface area contributed by atoms with Crippen molar-refractivity contribution in [2.45, 2.75) is 25.3 Å². The Balaban J connectivity index is 2.07. The summed E-state index contributed by atoms with van der Waals surface area (Å²) in [5.41, 5.74) is 0.884. The van der Waals surface area contributed by atoms with Crippen LogP contribution in [0.3, 0.4) is 0 Å². The molecule has 1 N–H and O–H groups in total. The normalized spacial score (nSPS) is 18.8. The molecule has 1 fully saturated rings. The number of nitrogens with zero attached hydrogens (tertiary/aromatic N) is 1. The highest BCUT2D eigenvalue weighted by Gasteiger charge is 2.22.